The molecule has 1 aromatic heterocycles. The maximum Gasteiger partial charge on any atom is 0.274 e. The highest BCUT2D eigenvalue weighted by molar-refractivity contribution is 5.76. The lowest BCUT2D eigenvalue weighted by atomic mass is 10.1. The second kappa shape index (κ2) is 9.74. The molecule has 1 N–H and O–H groups in total. The maximum atomic E-state index is 12.2. The minimum absolute atomic E-state index is 0.214. The number of unbranched alkanes of at least 4 members (excludes halogenated alkanes) is 3. The van der Waals surface area contributed by atoms with Crippen LogP contribution in [0.15, 0.2) is 47.3 Å². The summed E-state index contributed by atoms with van der Waals surface area (Å²) >= 11 is 0. The highest BCUT2D eigenvalue weighted by atomic mass is 16.5. The van der Waals surface area contributed by atoms with E-state index in [1.54, 1.807) is 13.2 Å². The van der Waals surface area contributed by atoms with Gasteiger partial charge in [-0.1, -0.05) is 50.5 Å². The number of nitrogens with one attached hydrogen (secondary N) is 1. The van der Waals surface area contributed by atoms with E-state index in [0.717, 1.165) is 28.8 Å². The van der Waals surface area contributed by atoms with Crippen LogP contribution in [0.2, 0.25) is 0 Å². The van der Waals surface area contributed by atoms with Crippen LogP contribution in [-0.4, -0.2) is 23.7 Å². The van der Waals surface area contributed by atoms with Crippen LogP contribution in [0, 0.1) is 0 Å². The Morgan fingerprint density at radius 1 is 1.04 bits per heavy atom. The maximum absolute atomic E-state index is 12.2. The number of H-pyrrole nitrogens is 1. The number of methoxy groups -OCH3 is 1. The van der Waals surface area contributed by atoms with Crippen LogP contribution in [0.25, 0.3) is 23.2 Å². The first-order valence-corrected chi connectivity index (χ1v) is 9.69. The minimum Gasteiger partial charge on any atom is -0.493 e. The standard InChI is InChI=1S/C23H26N2O3/c1-3-4-5-8-15-28-21-14-12-17(16-22(21)27-2)11-13-20-23(26)25-19-10-7-6-9-18(19)24-20/h6-7,9-14,16H,3-5,8,15H2,1-2H3,(H,25,26)/b13-11+. The summed E-state index contributed by atoms with van der Waals surface area (Å²) in [5, 5.41) is 0. The van der Waals surface area contributed by atoms with E-state index in [2.05, 4.69) is 16.9 Å². The van der Waals surface area contributed by atoms with E-state index >= 15 is 0 Å². The van der Waals surface area contributed by atoms with Crippen LogP contribution >= 0.6 is 0 Å². The molecule has 0 aliphatic carbocycles. The Morgan fingerprint density at radius 2 is 1.89 bits per heavy atom. The summed E-state index contributed by atoms with van der Waals surface area (Å²) in [6.45, 7) is 2.87. The first-order valence-electron chi connectivity index (χ1n) is 9.69. The van der Waals surface area contributed by atoms with E-state index in [1.807, 2.05) is 48.5 Å². The van der Waals surface area contributed by atoms with Crippen LogP contribution in [0.3, 0.4) is 0 Å². The molecule has 1 heterocycles. The van der Waals surface area contributed by atoms with Gasteiger partial charge < -0.3 is 14.5 Å². The molecule has 5 heteroatoms. The number of hydrogen-bond donors (Lipinski definition) is 1. The van der Waals surface area contributed by atoms with Gasteiger partial charge in [-0.2, -0.15) is 0 Å². The average Bonchev–Trinajstić information content (AvgIpc) is 2.72. The first kappa shape index (κ1) is 19.7. The molecule has 0 saturated carbocycles. The number of benzene rings is 2. The predicted octanol–water partition coefficient (Wildman–Crippen LogP) is 5.06. The van der Waals surface area contributed by atoms with Gasteiger partial charge in [0.05, 0.1) is 24.8 Å². The minimum atomic E-state index is -0.214. The molecule has 0 amide bonds. The number of aromatic nitrogens is 2. The van der Waals surface area contributed by atoms with E-state index < -0.39 is 0 Å². The largest absolute Gasteiger partial charge is 0.493 e. The number of hydrogen-bond acceptors (Lipinski definition) is 4. The predicted molar refractivity (Wildman–Crippen MR) is 114 cm³/mol. The Bertz CT molecular complexity index is 1010. The SMILES string of the molecule is CCCCCCOc1ccc(/C=C/c2nc3ccccc3[nH]c2=O)cc1OC. The van der Waals surface area contributed by atoms with Crippen molar-refractivity contribution in [3.8, 4) is 11.5 Å². The van der Waals surface area contributed by atoms with Crippen molar-refractivity contribution in [2.75, 3.05) is 13.7 Å². The van der Waals surface area contributed by atoms with Gasteiger partial charge in [0, 0.05) is 0 Å². The summed E-state index contributed by atoms with van der Waals surface area (Å²) in [4.78, 5) is 19.5. The van der Waals surface area contributed by atoms with Gasteiger partial charge in [0.25, 0.3) is 5.56 Å². The Kier molecular flexibility index (Phi) is 6.84. The summed E-state index contributed by atoms with van der Waals surface area (Å²) in [5.41, 5.74) is 2.55. The molecule has 3 rings (SSSR count). The summed E-state index contributed by atoms with van der Waals surface area (Å²) < 4.78 is 11.3. The van der Waals surface area contributed by atoms with Crippen LogP contribution in [0.1, 0.15) is 43.9 Å². The zero-order chi connectivity index (χ0) is 19.8. The third-order valence-electron chi connectivity index (χ3n) is 4.50. The summed E-state index contributed by atoms with van der Waals surface area (Å²) in [5.74, 6) is 1.41. The fourth-order valence-electron chi connectivity index (χ4n) is 2.95. The molecular weight excluding hydrogens is 352 g/mol. The van der Waals surface area contributed by atoms with Crippen molar-refractivity contribution in [3.05, 3.63) is 64.1 Å². The normalized spacial score (nSPS) is 11.2. The van der Waals surface area contributed by atoms with Gasteiger partial charge in [-0.15, -0.1) is 0 Å². The first-order chi connectivity index (χ1) is 13.7. The van der Waals surface area contributed by atoms with Crippen molar-refractivity contribution >= 4 is 23.2 Å². The molecule has 0 spiro atoms. The van der Waals surface area contributed by atoms with Gasteiger partial charge in [0.15, 0.2) is 11.5 Å². The van der Waals surface area contributed by atoms with Crippen molar-refractivity contribution in [1.29, 1.82) is 0 Å². The Balaban J connectivity index is 1.73. The van der Waals surface area contributed by atoms with Crippen molar-refractivity contribution in [2.45, 2.75) is 32.6 Å². The zero-order valence-electron chi connectivity index (χ0n) is 16.4. The second-order valence-electron chi connectivity index (χ2n) is 6.62. The van der Waals surface area contributed by atoms with Gasteiger partial charge in [0.2, 0.25) is 0 Å². The molecule has 0 aliphatic heterocycles. The smallest absolute Gasteiger partial charge is 0.274 e. The number of para-hydroxylation sites is 2. The lowest BCUT2D eigenvalue weighted by molar-refractivity contribution is 0.285. The Labute approximate surface area is 165 Å². The molecular formula is C23H26N2O3. The highest BCUT2D eigenvalue weighted by Crippen LogP contribution is 2.29. The van der Waals surface area contributed by atoms with Gasteiger partial charge in [-0.3, -0.25) is 4.79 Å². The van der Waals surface area contributed by atoms with Gasteiger partial charge in [-0.05, 0) is 42.3 Å². The molecule has 28 heavy (non-hydrogen) atoms. The van der Waals surface area contributed by atoms with Crippen molar-refractivity contribution < 1.29 is 9.47 Å². The number of aromatic amines is 1. The lowest BCUT2D eigenvalue weighted by Crippen LogP contribution is -2.11. The van der Waals surface area contributed by atoms with Crippen LogP contribution < -0.4 is 15.0 Å². The molecule has 0 atom stereocenters. The fourth-order valence-corrected chi connectivity index (χ4v) is 2.95. The molecule has 0 fully saturated rings. The molecule has 0 bridgehead atoms. The second-order valence-corrected chi connectivity index (χ2v) is 6.62. The fraction of sp³-hybridized carbons (Fsp3) is 0.304. The summed E-state index contributed by atoms with van der Waals surface area (Å²) in [7, 11) is 1.63. The van der Waals surface area contributed by atoms with E-state index in [4.69, 9.17) is 9.47 Å². The molecule has 5 nitrogen and oxygen atoms in total. The molecule has 0 unspecified atom stereocenters. The Morgan fingerprint density at radius 3 is 2.71 bits per heavy atom. The van der Waals surface area contributed by atoms with Crippen LogP contribution in [0.4, 0.5) is 0 Å². The monoisotopic (exact) mass is 378 g/mol. The molecule has 0 radical (unpaired) electrons. The number of fused-ring (bicyclic) bond motifs is 1. The topological polar surface area (TPSA) is 64.2 Å². The van der Waals surface area contributed by atoms with Crippen LogP contribution in [0.5, 0.6) is 11.5 Å². The third kappa shape index (κ3) is 5.00. The van der Waals surface area contributed by atoms with Crippen molar-refractivity contribution in [3.63, 3.8) is 0 Å². The molecule has 0 saturated heterocycles. The van der Waals surface area contributed by atoms with E-state index in [9.17, 15) is 4.79 Å². The average molecular weight is 378 g/mol. The molecule has 0 aliphatic rings. The molecule has 2 aromatic carbocycles. The number of nitrogens with zero attached hydrogens (tertiary/aromatic N) is 1. The van der Waals surface area contributed by atoms with Crippen molar-refractivity contribution in [2.24, 2.45) is 0 Å². The highest BCUT2D eigenvalue weighted by Gasteiger charge is 2.06. The summed E-state index contributed by atoms with van der Waals surface area (Å²) in [6.07, 6.45) is 8.21. The van der Waals surface area contributed by atoms with Crippen molar-refractivity contribution in [1.82, 2.24) is 9.97 Å². The van der Waals surface area contributed by atoms with Gasteiger partial charge in [0.1, 0.15) is 5.69 Å². The van der Waals surface area contributed by atoms with E-state index in [1.165, 1.54) is 19.3 Å². The van der Waals surface area contributed by atoms with E-state index in [-0.39, 0.29) is 5.56 Å². The number of rotatable bonds is 9. The zero-order valence-corrected chi connectivity index (χ0v) is 16.4. The Hall–Kier alpha value is -3.08. The number of ether oxygens (including phenoxy) is 2. The van der Waals surface area contributed by atoms with Gasteiger partial charge in [-0.25, -0.2) is 4.98 Å². The van der Waals surface area contributed by atoms with Gasteiger partial charge >= 0.3 is 0 Å². The van der Waals surface area contributed by atoms with Crippen LogP contribution in [-0.2, 0) is 0 Å². The molecule has 146 valence electrons. The van der Waals surface area contributed by atoms with E-state index in [0.29, 0.717) is 18.1 Å². The lowest BCUT2D eigenvalue weighted by Gasteiger charge is -2.11. The summed E-state index contributed by atoms with van der Waals surface area (Å²) in [6, 6.07) is 13.2. The third-order valence-corrected chi connectivity index (χ3v) is 4.50. The quantitative estimate of drug-likeness (QED) is 0.529. The molecule has 3 aromatic rings.